The summed E-state index contributed by atoms with van der Waals surface area (Å²) in [7, 11) is 0. The molecule has 1 aliphatic rings. The second-order valence-electron chi connectivity index (χ2n) is 7.05. The second kappa shape index (κ2) is 8.28. The molecule has 1 aliphatic carbocycles. The molecule has 0 saturated heterocycles. The smallest absolute Gasteiger partial charge is 0.407 e. The Morgan fingerprint density at radius 1 is 0.893 bits per heavy atom. The first-order valence-electron chi connectivity index (χ1n) is 9.53. The van der Waals surface area contributed by atoms with E-state index in [1.165, 1.54) is 22.3 Å². The van der Waals surface area contributed by atoms with E-state index in [1.54, 1.807) is 0 Å². The number of carbonyl (C=O) groups is 1. The summed E-state index contributed by atoms with van der Waals surface area (Å²) in [6.07, 6.45) is -0.665. The molecule has 0 saturated carbocycles. The van der Waals surface area contributed by atoms with Crippen molar-refractivity contribution < 1.29 is 14.6 Å². The molecule has 0 fully saturated rings. The van der Waals surface area contributed by atoms with E-state index in [4.69, 9.17) is 4.74 Å². The first-order valence-corrected chi connectivity index (χ1v) is 9.53. The minimum absolute atomic E-state index is 0.0346. The fourth-order valence-electron chi connectivity index (χ4n) is 3.81. The van der Waals surface area contributed by atoms with Crippen molar-refractivity contribution >= 4 is 6.09 Å². The lowest BCUT2D eigenvalue weighted by molar-refractivity contribution is 0.128. The van der Waals surface area contributed by atoms with Crippen molar-refractivity contribution in [2.45, 2.75) is 18.4 Å². The van der Waals surface area contributed by atoms with Gasteiger partial charge in [-0.2, -0.15) is 0 Å². The number of aliphatic hydroxyl groups is 1. The summed E-state index contributed by atoms with van der Waals surface area (Å²) in [6.45, 7) is 0.431. The summed E-state index contributed by atoms with van der Waals surface area (Å²) in [5, 5.41) is 12.8. The van der Waals surface area contributed by atoms with Gasteiger partial charge in [0, 0.05) is 18.9 Å². The van der Waals surface area contributed by atoms with Gasteiger partial charge in [0.15, 0.2) is 0 Å². The summed E-state index contributed by atoms with van der Waals surface area (Å²) >= 11 is 0. The van der Waals surface area contributed by atoms with E-state index < -0.39 is 12.2 Å². The summed E-state index contributed by atoms with van der Waals surface area (Å²) in [4.78, 5) is 12.1. The highest BCUT2D eigenvalue weighted by Gasteiger charge is 2.28. The monoisotopic (exact) mass is 373 g/mol. The Morgan fingerprint density at radius 2 is 1.46 bits per heavy atom. The number of ether oxygens (including phenoxy) is 1. The van der Waals surface area contributed by atoms with Crippen molar-refractivity contribution in [3.8, 4) is 11.1 Å². The van der Waals surface area contributed by atoms with Crippen LogP contribution in [0.3, 0.4) is 0 Å². The zero-order valence-electron chi connectivity index (χ0n) is 15.5. The van der Waals surface area contributed by atoms with Gasteiger partial charge in [-0.05, 0) is 27.8 Å². The van der Waals surface area contributed by atoms with Crippen LogP contribution >= 0.6 is 0 Å². The van der Waals surface area contributed by atoms with E-state index >= 15 is 0 Å². The van der Waals surface area contributed by atoms with Crippen LogP contribution in [0.15, 0.2) is 78.9 Å². The molecule has 1 atom stereocenters. The average Bonchev–Trinajstić information content (AvgIpc) is 3.05. The van der Waals surface area contributed by atoms with Gasteiger partial charge in [-0.3, -0.25) is 0 Å². The Kier molecular flexibility index (Phi) is 5.40. The standard InChI is InChI=1S/C24H23NO3/c26-18(14-17-8-2-1-3-9-17)15-25-24(27)28-16-23-21-12-6-4-10-19(21)20-11-5-7-13-22(20)23/h1-13,18,23,26H,14-16H2,(H,25,27)/t18-/m0/s1. The molecular formula is C24H23NO3. The minimum Gasteiger partial charge on any atom is -0.449 e. The highest BCUT2D eigenvalue weighted by molar-refractivity contribution is 5.79. The number of carbonyl (C=O) groups excluding carboxylic acids is 1. The molecule has 0 spiro atoms. The van der Waals surface area contributed by atoms with E-state index in [9.17, 15) is 9.90 Å². The second-order valence-corrected chi connectivity index (χ2v) is 7.05. The van der Waals surface area contributed by atoms with Gasteiger partial charge in [0.1, 0.15) is 6.61 Å². The summed E-state index contributed by atoms with van der Waals surface area (Å²) < 4.78 is 5.48. The number of alkyl carbamates (subject to hydrolysis) is 1. The van der Waals surface area contributed by atoms with E-state index in [1.807, 2.05) is 54.6 Å². The van der Waals surface area contributed by atoms with E-state index in [-0.39, 0.29) is 19.1 Å². The summed E-state index contributed by atoms with van der Waals surface area (Å²) in [5.41, 5.74) is 5.79. The lowest BCUT2D eigenvalue weighted by atomic mass is 9.98. The van der Waals surface area contributed by atoms with Crippen LogP contribution in [0.1, 0.15) is 22.6 Å². The van der Waals surface area contributed by atoms with Gasteiger partial charge < -0.3 is 15.2 Å². The molecular weight excluding hydrogens is 350 g/mol. The summed E-state index contributed by atoms with van der Waals surface area (Å²) in [6, 6.07) is 26.2. The Bertz CT molecular complexity index is 909. The normalized spacial score (nSPS) is 13.5. The predicted molar refractivity (Wildman–Crippen MR) is 109 cm³/mol. The van der Waals surface area contributed by atoms with E-state index in [2.05, 4.69) is 29.6 Å². The predicted octanol–water partition coefficient (Wildman–Crippen LogP) is 4.13. The number of aliphatic hydroxyl groups excluding tert-OH is 1. The van der Waals surface area contributed by atoms with Gasteiger partial charge in [0.2, 0.25) is 0 Å². The zero-order valence-corrected chi connectivity index (χ0v) is 15.5. The number of hydrogen-bond donors (Lipinski definition) is 2. The molecule has 0 bridgehead atoms. The molecule has 3 aromatic carbocycles. The Balaban J connectivity index is 1.33. The van der Waals surface area contributed by atoms with Crippen LogP contribution in [0.2, 0.25) is 0 Å². The van der Waals surface area contributed by atoms with Gasteiger partial charge >= 0.3 is 6.09 Å². The number of nitrogens with one attached hydrogen (secondary N) is 1. The molecule has 0 aliphatic heterocycles. The van der Waals surface area contributed by atoms with Gasteiger partial charge in [0.05, 0.1) is 6.10 Å². The van der Waals surface area contributed by atoms with Crippen molar-refractivity contribution in [3.05, 3.63) is 95.6 Å². The molecule has 2 N–H and O–H groups in total. The van der Waals surface area contributed by atoms with Gasteiger partial charge in [-0.25, -0.2) is 4.79 Å². The molecule has 0 aromatic heterocycles. The van der Waals surface area contributed by atoms with Crippen molar-refractivity contribution in [3.63, 3.8) is 0 Å². The van der Waals surface area contributed by atoms with Crippen molar-refractivity contribution in [2.24, 2.45) is 0 Å². The summed E-state index contributed by atoms with van der Waals surface area (Å²) in [5.74, 6) is 0.0346. The molecule has 0 heterocycles. The third-order valence-electron chi connectivity index (χ3n) is 5.14. The third kappa shape index (κ3) is 3.92. The van der Waals surface area contributed by atoms with Crippen molar-refractivity contribution in [1.82, 2.24) is 5.32 Å². The number of hydrogen-bond acceptors (Lipinski definition) is 3. The third-order valence-corrected chi connectivity index (χ3v) is 5.14. The molecule has 3 aromatic rings. The first kappa shape index (κ1) is 18.3. The van der Waals surface area contributed by atoms with Crippen molar-refractivity contribution in [2.75, 3.05) is 13.2 Å². The molecule has 142 valence electrons. The van der Waals surface area contributed by atoms with Crippen molar-refractivity contribution in [1.29, 1.82) is 0 Å². The molecule has 0 radical (unpaired) electrons. The van der Waals surface area contributed by atoms with Crippen LogP contribution in [0.4, 0.5) is 4.79 Å². The van der Waals surface area contributed by atoms with Crippen LogP contribution in [-0.2, 0) is 11.2 Å². The van der Waals surface area contributed by atoms with Crippen LogP contribution < -0.4 is 5.32 Å². The topological polar surface area (TPSA) is 58.6 Å². The molecule has 4 rings (SSSR count). The highest BCUT2D eigenvalue weighted by Crippen LogP contribution is 2.44. The quantitative estimate of drug-likeness (QED) is 0.683. The average molecular weight is 373 g/mol. The molecule has 0 unspecified atom stereocenters. The molecule has 4 nitrogen and oxygen atoms in total. The van der Waals surface area contributed by atoms with Crippen LogP contribution in [0.25, 0.3) is 11.1 Å². The fraction of sp³-hybridized carbons (Fsp3) is 0.208. The van der Waals surface area contributed by atoms with Gasteiger partial charge in [-0.15, -0.1) is 0 Å². The maximum atomic E-state index is 12.1. The lowest BCUT2D eigenvalue weighted by Crippen LogP contribution is -2.34. The van der Waals surface area contributed by atoms with E-state index in [0.29, 0.717) is 6.42 Å². The van der Waals surface area contributed by atoms with Crippen LogP contribution in [0.5, 0.6) is 0 Å². The van der Waals surface area contributed by atoms with Gasteiger partial charge in [0.25, 0.3) is 0 Å². The first-order chi connectivity index (χ1) is 13.7. The lowest BCUT2D eigenvalue weighted by Gasteiger charge is -2.16. The fourth-order valence-corrected chi connectivity index (χ4v) is 3.81. The van der Waals surface area contributed by atoms with E-state index in [0.717, 1.165) is 5.56 Å². The molecule has 1 amide bonds. The number of rotatable bonds is 6. The Hall–Kier alpha value is -3.11. The maximum Gasteiger partial charge on any atom is 0.407 e. The van der Waals surface area contributed by atoms with Crippen LogP contribution in [0, 0.1) is 0 Å². The maximum absolute atomic E-state index is 12.1. The molecule has 4 heteroatoms. The molecule has 28 heavy (non-hydrogen) atoms. The zero-order chi connectivity index (χ0) is 19.3. The number of amides is 1. The Morgan fingerprint density at radius 3 is 2.11 bits per heavy atom. The number of fused-ring (bicyclic) bond motifs is 3. The highest BCUT2D eigenvalue weighted by atomic mass is 16.5. The Labute approximate surface area is 164 Å². The largest absolute Gasteiger partial charge is 0.449 e. The van der Waals surface area contributed by atoms with Crippen LogP contribution in [-0.4, -0.2) is 30.5 Å². The SMILES string of the molecule is O=C(NC[C@@H](O)Cc1ccccc1)OCC1c2ccccc2-c2ccccc21. The minimum atomic E-state index is -0.650. The number of benzene rings is 3. The van der Waals surface area contributed by atoms with Gasteiger partial charge in [-0.1, -0.05) is 78.9 Å².